The van der Waals surface area contributed by atoms with E-state index in [2.05, 4.69) is 182 Å². The molecule has 12 rings (SSSR count). The van der Waals surface area contributed by atoms with E-state index in [1.54, 1.807) is 0 Å². The standard InChI is InChI=1S/C59H37N3S/c1-3-15-38(16-4-1)43-19-7-12-25-54(43)59-61-57(40-17-5-2-6-18-40)60-58(62-59)41-29-27-39(28-30-41)44-33-35-50(48-22-10-8-20-46(44)48)51-36-34-45(47-21-9-11-23-49(47)51)42-31-32-53-52-24-13-14-26-55(52)63-56(53)37-42/h1-37H. The lowest BCUT2D eigenvalue weighted by Gasteiger charge is -2.16. The summed E-state index contributed by atoms with van der Waals surface area (Å²) in [5.41, 5.74) is 12.3. The minimum atomic E-state index is 0.632. The molecule has 0 atom stereocenters. The Labute approximate surface area is 369 Å². The fraction of sp³-hybridized carbons (Fsp3) is 0. The second kappa shape index (κ2) is 15.4. The third kappa shape index (κ3) is 6.56. The van der Waals surface area contributed by atoms with Crippen LogP contribution in [0.1, 0.15) is 0 Å². The Morgan fingerprint density at radius 2 is 0.619 bits per heavy atom. The zero-order valence-electron chi connectivity index (χ0n) is 34.1. The largest absolute Gasteiger partial charge is 0.208 e. The minimum Gasteiger partial charge on any atom is -0.208 e. The Morgan fingerprint density at radius 3 is 1.25 bits per heavy atom. The highest BCUT2D eigenvalue weighted by Crippen LogP contribution is 2.43. The molecule has 2 heterocycles. The van der Waals surface area contributed by atoms with Gasteiger partial charge in [0.1, 0.15) is 0 Å². The number of benzene rings is 10. The van der Waals surface area contributed by atoms with E-state index < -0.39 is 0 Å². The summed E-state index contributed by atoms with van der Waals surface area (Å²) in [5, 5.41) is 7.56. The summed E-state index contributed by atoms with van der Waals surface area (Å²) in [5.74, 6) is 1.91. The minimum absolute atomic E-state index is 0.632. The number of hydrogen-bond acceptors (Lipinski definition) is 4. The maximum absolute atomic E-state index is 5.13. The van der Waals surface area contributed by atoms with Crippen LogP contribution in [0, 0.1) is 0 Å². The molecule has 0 fully saturated rings. The van der Waals surface area contributed by atoms with Crippen LogP contribution in [0.3, 0.4) is 0 Å². The first-order valence-electron chi connectivity index (χ1n) is 21.3. The molecule has 3 nitrogen and oxygen atoms in total. The molecular weight excluding hydrogens is 783 g/mol. The lowest BCUT2D eigenvalue weighted by Crippen LogP contribution is -2.01. The third-order valence-electron chi connectivity index (χ3n) is 12.2. The molecule has 0 unspecified atom stereocenters. The first-order valence-corrected chi connectivity index (χ1v) is 22.1. The topological polar surface area (TPSA) is 38.7 Å². The van der Waals surface area contributed by atoms with Gasteiger partial charge in [-0.1, -0.05) is 212 Å². The van der Waals surface area contributed by atoms with Gasteiger partial charge in [-0.3, -0.25) is 0 Å². The summed E-state index contributed by atoms with van der Waals surface area (Å²) in [7, 11) is 0. The van der Waals surface area contributed by atoms with Crippen molar-refractivity contribution in [2.45, 2.75) is 0 Å². The van der Waals surface area contributed by atoms with E-state index in [0.717, 1.165) is 33.4 Å². The van der Waals surface area contributed by atoms with Gasteiger partial charge in [-0.25, -0.2) is 15.0 Å². The van der Waals surface area contributed by atoms with Gasteiger partial charge < -0.3 is 0 Å². The molecule has 0 N–H and O–H groups in total. The van der Waals surface area contributed by atoms with E-state index in [-0.39, 0.29) is 0 Å². The summed E-state index contributed by atoms with van der Waals surface area (Å²) in [6, 6.07) is 80.0. The highest BCUT2D eigenvalue weighted by molar-refractivity contribution is 7.25. The second-order valence-corrected chi connectivity index (χ2v) is 17.0. The summed E-state index contributed by atoms with van der Waals surface area (Å²) < 4.78 is 2.64. The molecule has 63 heavy (non-hydrogen) atoms. The van der Waals surface area contributed by atoms with Crippen LogP contribution in [-0.2, 0) is 0 Å². The van der Waals surface area contributed by atoms with Crippen LogP contribution < -0.4 is 0 Å². The molecule has 0 aliphatic rings. The van der Waals surface area contributed by atoms with Crippen LogP contribution in [0.5, 0.6) is 0 Å². The van der Waals surface area contributed by atoms with Crippen molar-refractivity contribution in [1.82, 2.24) is 15.0 Å². The zero-order valence-corrected chi connectivity index (χ0v) is 34.9. The second-order valence-electron chi connectivity index (χ2n) is 15.9. The van der Waals surface area contributed by atoms with Gasteiger partial charge in [0.2, 0.25) is 0 Å². The number of nitrogens with zero attached hydrogens (tertiary/aromatic N) is 3. The summed E-state index contributed by atoms with van der Waals surface area (Å²) in [6.45, 7) is 0. The van der Waals surface area contributed by atoms with Crippen LogP contribution in [0.4, 0.5) is 0 Å². The molecule has 0 saturated carbocycles. The molecule has 0 amide bonds. The molecule has 0 aliphatic heterocycles. The average Bonchev–Trinajstić information content (AvgIpc) is 3.74. The summed E-state index contributed by atoms with van der Waals surface area (Å²) in [4.78, 5) is 15.2. The van der Waals surface area contributed by atoms with Crippen molar-refractivity contribution in [3.05, 3.63) is 224 Å². The smallest absolute Gasteiger partial charge is 0.164 e. The number of thiophene rings is 1. The summed E-state index contributed by atoms with van der Waals surface area (Å²) >= 11 is 1.87. The van der Waals surface area contributed by atoms with Gasteiger partial charge in [-0.05, 0) is 78.2 Å². The van der Waals surface area contributed by atoms with Crippen molar-refractivity contribution >= 4 is 53.1 Å². The fourth-order valence-corrected chi connectivity index (χ4v) is 10.3. The molecule has 2 aromatic heterocycles. The van der Waals surface area contributed by atoms with E-state index >= 15 is 0 Å². The Hall–Kier alpha value is -8.05. The number of fused-ring (bicyclic) bond motifs is 5. The van der Waals surface area contributed by atoms with Crippen molar-refractivity contribution < 1.29 is 0 Å². The van der Waals surface area contributed by atoms with E-state index in [9.17, 15) is 0 Å². The Morgan fingerprint density at radius 1 is 0.222 bits per heavy atom. The van der Waals surface area contributed by atoms with Crippen LogP contribution in [-0.4, -0.2) is 15.0 Å². The molecule has 0 bridgehead atoms. The van der Waals surface area contributed by atoms with Gasteiger partial charge >= 0.3 is 0 Å². The van der Waals surface area contributed by atoms with E-state index in [0.29, 0.717) is 17.5 Å². The molecule has 4 heteroatoms. The van der Waals surface area contributed by atoms with Crippen LogP contribution in [0.2, 0.25) is 0 Å². The maximum atomic E-state index is 5.13. The van der Waals surface area contributed by atoms with E-state index in [1.807, 2.05) is 53.8 Å². The lowest BCUT2D eigenvalue weighted by atomic mass is 9.88. The fourth-order valence-electron chi connectivity index (χ4n) is 9.15. The van der Waals surface area contributed by atoms with Crippen molar-refractivity contribution in [3.8, 4) is 78.7 Å². The zero-order chi connectivity index (χ0) is 41.7. The Bertz CT molecular complexity index is 3670. The highest BCUT2D eigenvalue weighted by Gasteiger charge is 2.18. The molecule has 10 aromatic carbocycles. The van der Waals surface area contributed by atoms with E-state index in [4.69, 9.17) is 15.0 Å². The number of rotatable bonds is 7. The van der Waals surface area contributed by atoms with Gasteiger partial charge in [0, 0.05) is 36.9 Å². The number of aromatic nitrogens is 3. The highest BCUT2D eigenvalue weighted by atomic mass is 32.1. The molecular formula is C59H37N3S. The lowest BCUT2D eigenvalue weighted by molar-refractivity contribution is 1.07. The molecule has 0 aliphatic carbocycles. The normalized spacial score (nSPS) is 11.5. The molecule has 0 spiro atoms. The van der Waals surface area contributed by atoms with Crippen LogP contribution >= 0.6 is 11.3 Å². The van der Waals surface area contributed by atoms with Crippen LogP contribution in [0.15, 0.2) is 224 Å². The van der Waals surface area contributed by atoms with Gasteiger partial charge in [0.25, 0.3) is 0 Å². The van der Waals surface area contributed by atoms with Crippen molar-refractivity contribution in [2.24, 2.45) is 0 Å². The molecule has 12 aromatic rings. The van der Waals surface area contributed by atoms with Crippen LogP contribution in [0.25, 0.3) is 120 Å². The van der Waals surface area contributed by atoms with Crippen molar-refractivity contribution in [3.63, 3.8) is 0 Å². The predicted molar refractivity (Wildman–Crippen MR) is 266 cm³/mol. The Balaban J connectivity index is 0.928. The first-order chi connectivity index (χ1) is 31.2. The maximum Gasteiger partial charge on any atom is 0.164 e. The molecule has 294 valence electrons. The summed E-state index contributed by atoms with van der Waals surface area (Å²) in [6.07, 6.45) is 0. The van der Waals surface area contributed by atoms with E-state index in [1.165, 1.54) is 69.5 Å². The molecule has 0 saturated heterocycles. The Kier molecular flexibility index (Phi) is 9.02. The monoisotopic (exact) mass is 819 g/mol. The first kappa shape index (κ1) is 36.8. The predicted octanol–water partition coefficient (Wildman–Crippen LogP) is 16.2. The van der Waals surface area contributed by atoms with Gasteiger partial charge in [0.15, 0.2) is 17.5 Å². The quantitative estimate of drug-likeness (QED) is 0.161. The third-order valence-corrected chi connectivity index (χ3v) is 13.3. The average molecular weight is 820 g/mol. The van der Waals surface area contributed by atoms with Gasteiger partial charge in [-0.15, -0.1) is 11.3 Å². The van der Waals surface area contributed by atoms with Gasteiger partial charge in [-0.2, -0.15) is 0 Å². The van der Waals surface area contributed by atoms with Crippen molar-refractivity contribution in [1.29, 1.82) is 0 Å². The van der Waals surface area contributed by atoms with Crippen molar-refractivity contribution in [2.75, 3.05) is 0 Å². The van der Waals surface area contributed by atoms with Gasteiger partial charge in [0.05, 0.1) is 0 Å². The molecule has 0 radical (unpaired) electrons. The number of hydrogen-bond donors (Lipinski definition) is 0. The SMILES string of the molecule is c1ccc(-c2nc(-c3ccc(-c4ccc(-c5ccc(-c6ccc7c(c6)sc6ccccc67)c6ccccc56)c5ccccc45)cc3)nc(-c3ccccc3-c3ccccc3)n2)cc1.